The van der Waals surface area contributed by atoms with Crippen LogP contribution in [0.3, 0.4) is 0 Å². The number of aromatic nitrogens is 5. The Morgan fingerprint density at radius 2 is 2.08 bits per heavy atom. The van der Waals surface area contributed by atoms with Crippen molar-refractivity contribution in [3.63, 3.8) is 0 Å². The summed E-state index contributed by atoms with van der Waals surface area (Å²) in [4.78, 5) is 18.6. The Morgan fingerprint density at radius 1 is 1.36 bits per heavy atom. The Morgan fingerprint density at radius 3 is 2.64 bits per heavy atom. The number of hydrogen-bond acceptors (Lipinski definition) is 5. The number of carboxylic acids is 1. The molecular weight excluding hydrogens is 320 g/mol. The topological polar surface area (TPSA) is 89.1 Å². The zero-order valence-corrected chi connectivity index (χ0v) is 15.1. The molecule has 0 bridgehead atoms. The van der Waals surface area contributed by atoms with E-state index in [9.17, 15) is 9.90 Å². The number of piperidine rings is 1. The molecule has 0 radical (unpaired) electrons. The van der Waals surface area contributed by atoms with Gasteiger partial charge in [0, 0.05) is 25.8 Å². The highest BCUT2D eigenvalue weighted by Crippen LogP contribution is 2.31. The van der Waals surface area contributed by atoms with Gasteiger partial charge in [0.2, 0.25) is 0 Å². The maximum atomic E-state index is 12.1. The average molecular weight is 346 g/mol. The van der Waals surface area contributed by atoms with Crippen molar-refractivity contribution in [1.82, 2.24) is 29.4 Å². The van der Waals surface area contributed by atoms with Gasteiger partial charge in [0.15, 0.2) is 5.54 Å². The maximum Gasteiger partial charge on any atom is 0.331 e. The van der Waals surface area contributed by atoms with Crippen LogP contribution in [0.25, 0.3) is 0 Å². The van der Waals surface area contributed by atoms with Crippen LogP contribution in [0, 0.1) is 0 Å². The first-order valence-electron chi connectivity index (χ1n) is 8.84. The Hall–Kier alpha value is -2.22. The lowest BCUT2D eigenvalue weighted by Crippen LogP contribution is -2.51. The number of carbonyl (C=O) groups is 1. The summed E-state index contributed by atoms with van der Waals surface area (Å²) in [5.41, 5.74) is -0.0266. The highest BCUT2D eigenvalue weighted by atomic mass is 16.4. The lowest BCUT2D eigenvalue weighted by molar-refractivity contribution is -0.151. The molecule has 0 saturated carbocycles. The Balaban J connectivity index is 1.73. The molecule has 1 fully saturated rings. The minimum absolute atomic E-state index is 0.285. The molecule has 2 aromatic heterocycles. The first-order valence-corrected chi connectivity index (χ1v) is 8.84. The van der Waals surface area contributed by atoms with Crippen LogP contribution in [0.5, 0.6) is 0 Å². The minimum Gasteiger partial charge on any atom is -0.479 e. The summed E-state index contributed by atoms with van der Waals surface area (Å²) >= 11 is 0. The van der Waals surface area contributed by atoms with Gasteiger partial charge in [0.05, 0.1) is 12.2 Å². The van der Waals surface area contributed by atoms with Gasteiger partial charge in [0.1, 0.15) is 12.2 Å². The molecule has 25 heavy (non-hydrogen) atoms. The first kappa shape index (κ1) is 17.6. The Labute approximate surface area is 147 Å². The average Bonchev–Trinajstić information content (AvgIpc) is 3.24. The zero-order chi connectivity index (χ0) is 18.0. The van der Waals surface area contributed by atoms with E-state index >= 15 is 0 Å². The molecular formula is C17H26N6O2. The van der Waals surface area contributed by atoms with Gasteiger partial charge < -0.3 is 5.11 Å². The number of hydrogen-bond donors (Lipinski definition) is 1. The van der Waals surface area contributed by atoms with Crippen molar-refractivity contribution in [3.05, 3.63) is 30.1 Å². The van der Waals surface area contributed by atoms with Crippen molar-refractivity contribution in [1.29, 1.82) is 0 Å². The van der Waals surface area contributed by atoms with Gasteiger partial charge in [-0.05, 0) is 31.7 Å². The normalized spacial score (nSPS) is 17.9. The van der Waals surface area contributed by atoms with Crippen molar-refractivity contribution < 1.29 is 9.90 Å². The van der Waals surface area contributed by atoms with Gasteiger partial charge in [-0.15, -0.1) is 0 Å². The van der Waals surface area contributed by atoms with E-state index < -0.39 is 11.5 Å². The number of likely N-dealkylation sites (tertiary alicyclic amines) is 1. The maximum absolute atomic E-state index is 12.1. The van der Waals surface area contributed by atoms with E-state index in [1.54, 1.807) is 11.0 Å². The van der Waals surface area contributed by atoms with E-state index in [-0.39, 0.29) is 5.92 Å². The van der Waals surface area contributed by atoms with Crippen LogP contribution in [0.2, 0.25) is 0 Å². The third kappa shape index (κ3) is 3.30. The Bertz CT molecular complexity index is 727. The third-order valence-corrected chi connectivity index (χ3v) is 5.08. The van der Waals surface area contributed by atoms with Crippen LogP contribution in [0.1, 0.15) is 51.0 Å². The third-order valence-electron chi connectivity index (χ3n) is 5.08. The molecule has 8 nitrogen and oxygen atoms in total. The monoisotopic (exact) mass is 346 g/mol. The molecule has 0 aliphatic carbocycles. The molecule has 136 valence electrons. The second-order valence-corrected chi connectivity index (χ2v) is 6.94. The summed E-state index contributed by atoms with van der Waals surface area (Å²) in [5, 5.41) is 18.6. The predicted octanol–water partition coefficient (Wildman–Crippen LogP) is 1.69. The number of aryl methyl sites for hydroxylation is 1. The van der Waals surface area contributed by atoms with Crippen molar-refractivity contribution in [2.45, 2.75) is 58.2 Å². The lowest BCUT2D eigenvalue weighted by atomic mass is 9.87. The molecule has 3 rings (SSSR count). The van der Waals surface area contributed by atoms with Crippen molar-refractivity contribution in [2.75, 3.05) is 13.1 Å². The highest BCUT2D eigenvalue weighted by molar-refractivity contribution is 5.76. The van der Waals surface area contributed by atoms with Gasteiger partial charge in [-0.2, -0.15) is 10.2 Å². The Kier molecular flexibility index (Phi) is 4.89. The van der Waals surface area contributed by atoms with Crippen LogP contribution in [-0.4, -0.2) is 53.6 Å². The van der Waals surface area contributed by atoms with Crippen molar-refractivity contribution >= 4 is 5.97 Å². The number of nitrogens with zero attached hydrogens (tertiary/aromatic N) is 6. The molecule has 0 spiro atoms. The van der Waals surface area contributed by atoms with Crippen molar-refractivity contribution in [2.24, 2.45) is 0 Å². The number of aliphatic carboxylic acids is 1. The van der Waals surface area contributed by atoms with Crippen LogP contribution >= 0.6 is 0 Å². The molecule has 0 atom stereocenters. The summed E-state index contributed by atoms with van der Waals surface area (Å²) in [5.74, 6) is 0.404. The summed E-state index contributed by atoms with van der Waals surface area (Å²) in [6, 6.07) is 1.92. The molecule has 8 heteroatoms. The van der Waals surface area contributed by atoms with E-state index in [2.05, 4.69) is 33.9 Å². The van der Waals surface area contributed by atoms with E-state index in [0.717, 1.165) is 18.1 Å². The van der Waals surface area contributed by atoms with E-state index in [1.807, 2.05) is 23.9 Å². The highest BCUT2D eigenvalue weighted by Gasteiger charge is 2.44. The standard InChI is InChI=1S/C17H26N6O2/c1-4-22-15(18-12-19-22)11-21-9-6-17(7-10-21,16(24)25)23-8-5-14(20-23)13(2)3/h5,8,12-13H,4,6-7,9-11H2,1-3H3,(H,24,25). The fourth-order valence-electron chi connectivity index (χ4n) is 3.38. The minimum atomic E-state index is -0.956. The smallest absolute Gasteiger partial charge is 0.331 e. The first-order chi connectivity index (χ1) is 12.0. The predicted molar refractivity (Wildman–Crippen MR) is 92.1 cm³/mol. The second kappa shape index (κ2) is 6.95. The van der Waals surface area contributed by atoms with Crippen molar-refractivity contribution in [3.8, 4) is 0 Å². The largest absolute Gasteiger partial charge is 0.479 e. The van der Waals surface area contributed by atoms with E-state index in [1.165, 1.54) is 0 Å². The van der Waals surface area contributed by atoms with Crippen LogP contribution in [-0.2, 0) is 23.4 Å². The molecule has 3 heterocycles. The molecule has 1 saturated heterocycles. The summed E-state index contributed by atoms with van der Waals surface area (Å²) in [7, 11) is 0. The van der Waals surface area contributed by atoms with Crippen LogP contribution in [0.15, 0.2) is 18.6 Å². The second-order valence-electron chi connectivity index (χ2n) is 6.94. The van der Waals surface area contributed by atoms with Gasteiger partial charge in [0.25, 0.3) is 0 Å². The van der Waals surface area contributed by atoms with Gasteiger partial charge in [-0.3, -0.25) is 9.58 Å². The molecule has 1 aliphatic heterocycles. The van der Waals surface area contributed by atoms with Gasteiger partial charge in [-0.25, -0.2) is 14.5 Å². The summed E-state index contributed by atoms with van der Waals surface area (Å²) in [6.45, 7) is 9.03. The van der Waals surface area contributed by atoms with Gasteiger partial charge >= 0.3 is 5.97 Å². The van der Waals surface area contributed by atoms with E-state index in [0.29, 0.717) is 32.5 Å². The molecule has 0 aromatic carbocycles. The van der Waals surface area contributed by atoms with Crippen LogP contribution < -0.4 is 0 Å². The number of rotatable bonds is 6. The van der Waals surface area contributed by atoms with E-state index in [4.69, 9.17) is 0 Å². The quantitative estimate of drug-likeness (QED) is 0.856. The molecule has 2 aromatic rings. The number of carboxylic acid groups (broad SMARTS) is 1. The molecule has 1 N–H and O–H groups in total. The fourth-order valence-corrected chi connectivity index (χ4v) is 3.38. The molecule has 0 amide bonds. The fraction of sp³-hybridized carbons (Fsp3) is 0.647. The molecule has 1 aliphatic rings. The zero-order valence-electron chi connectivity index (χ0n) is 15.1. The summed E-state index contributed by atoms with van der Waals surface area (Å²) in [6.07, 6.45) is 4.44. The van der Waals surface area contributed by atoms with Gasteiger partial charge in [-0.1, -0.05) is 13.8 Å². The summed E-state index contributed by atoms with van der Waals surface area (Å²) < 4.78 is 3.54. The van der Waals surface area contributed by atoms with Crippen LogP contribution in [0.4, 0.5) is 0 Å². The SMILES string of the molecule is CCn1ncnc1CN1CCC(C(=O)O)(n2ccc(C(C)C)n2)CC1. The molecule has 0 unspecified atom stereocenters. The lowest BCUT2D eigenvalue weighted by Gasteiger charge is -2.38.